The predicted octanol–water partition coefficient (Wildman–Crippen LogP) is 12.3. The summed E-state index contributed by atoms with van der Waals surface area (Å²) in [4.78, 5) is 10.8. The molecule has 52 heavy (non-hydrogen) atoms. The molecule has 3 aromatic heterocycles. The van der Waals surface area contributed by atoms with Gasteiger partial charge < -0.3 is 4.57 Å². The van der Waals surface area contributed by atoms with Crippen LogP contribution in [0.15, 0.2) is 182 Å². The van der Waals surface area contributed by atoms with Crippen molar-refractivity contribution in [2.24, 2.45) is 0 Å². The van der Waals surface area contributed by atoms with Gasteiger partial charge in [-0.05, 0) is 70.4 Å². The first-order chi connectivity index (χ1) is 25.8. The Labute approximate surface area is 299 Å². The van der Waals surface area contributed by atoms with Crippen LogP contribution in [-0.4, -0.2) is 19.1 Å². The smallest absolute Gasteiger partial charge is 0.235 e. The molecule has 0 spiro atoms. The van der Waals surface area contributed by atoms with Gasteiger partial charge in [0.1, 0.15) is 0 Å². The average molecular weight is 663 g/mol. The molecule has 0 bridgehead atoms. The van der Waals surface area contributed by atoms with E-state index in [-0.39, 0.29) is 0 Å². The van der Waals surface area contributed by atoms with Crippen LogP contribution in [0.4, 0.5) is 0 Å². The third kappa shape index (κ3) is 4.28. The SMILES string of the molecule is c1ccc(-c2ccc3c(-c4cccc5ccccc45)nc(-n4c5ccccc5c5cc(-n6c7ccccc7c7ccccc76)ccc54)nc3c2)cc1. The highest BCUT2D eigenvalue weighted by molar-refractivity contribution is 6.12. The van der Waals surface area contributed by atoms with Crippen LogP contribution < -0.4 is 0 Å². The fourth-order valence-electron chi connectivity index (χ4n) is 8.18. The maximum absolute atomic E-state index is 5.47. The lowest BCUT2D eigenvalue weighted by molar-refractivity contribution is 1.01. The Bertz CT molecular complexity index is 3130. The van der Waals surface area contributed by atoms with Crippen molar-refractivity contribution in [1.82, 2.24) is 19.1 Å². The molecule has 0 aliphatic carbocycles. The Hall–Kier alpha value is -7.04. The Morgan fingerprint density at radius 3 is 1.69 bits per heavy atom. The molecule has 0 unspecified atom stereocenters. The van der Waals surface area contributed by atoms with Crippen molar-refractivity contribution in [3.63, 3.8) is 0 Å². The van der Waals surface area contributed by atoms with E-state index in [1.807, 2.05) is 0 Å². The first-order valence-electron chi connectivity index (χ1n) is 17.7. The second-order valence-electron chi connectivity index (χ2n) is 13.4. The first-order valence-corrected chi connectivity index (χ1v) is 17.7. The zero-order valence-electron chi connectivity index (χ0n) is 28.1. The fourth-order valence-corrected chi connectivity index (χ4v) is 8.18. The molecule has 0 saturated heterocycles. The molecule has 4 heteroatoms. The Kier molecular flexibility index (Phi) is 6.22. The monoisotopic (exact) mass is 662 g/mol. The molecule has 3 heterocycles. The van der Waals surface area contributed by atoms with E-state index < -0.39 is 0 Å². The van der Waals surface area contributed by atoms with Crippen molar-refractivity contribution in [2.45, 2.75) is 0 Å². The van der Waals surface area contributed by atoms with Gasteiger partial charge in [0.2, 0.25) is 5.95 Å². The van der Waals surface area contributed by atoms with E-state index in [1.54, 1.807) is 0 Å². The number of para-hydroxylation sites is 3. The van der Waals surface area contributed by atoms with E-state index in [0.717, 1.165) is 60.8 Å². The van der Waals surface area contributed by atoms with Crippen molar-refractivity contribution in [2.75, 3.05) is 0 Å². The summed E-state index contributed by atoms with van der Waals surface area (Å²) < 4.78 is 4.62. The van der Waals surface area contributed by atoms with Crippen LogP contribution in [0.1, 0.15) is 0 Å². The molecule has 0 atom stereocenters. The number of benzene rings is 8. The van der Waals surface area contributed by atoms with Crippen LogP contribution in [0, 0.1) is 0 Å². The lowest BCUT2D eigenvalue weighted by atomic mass is 9.97. The molecule has 11 rings (SSSR count). The van der Waals surface area contributed by atoms with Gasteiger partial charge in [0.15, 0.2) is 0 Å². The summed E-state index contributed by atoms with van der Waals surface area (Å²) in [5, 5.41) is 8.19. The van der Waals surface area contributed by atoms with Gasteiger partial charge >= 0.3 is 0 Å². The highest BCUT2D eigenvalue weighted by Crippen LogP contribution is 2.39. The minimum atomic E-state index is 0.649. The lowest BCUT2D eigenvalue weighted by Gasteiger charge is -2.14. The summed E-state index contributed by atoms with van der Waals surface area (Å²) in [6.07, 6.45) is 0. The largest absolute Gasteiger partial charge is 0.309 e. The summed E-state index contributed by atoms with van der Waals surface area (Å²) in [6.45, 7) is 0. The third-order valence-electron chi connectivity index (χ3n) is 10.5. The van der Waals surface area contributed by atoms with Crippen molar-refractivity contribution >= 4 is 65.3 Å². The van der Waals surface area contributed by atoms with E-state index >= 15 is 0 Å². The fraction of sp³-hybridized carbons (Fsp3) is 0. The zero-order chi connectivity index (χ0) is 34.2. The van der Waals surface area contributed by atoms with E-state index in [0.29, 0.717) is 5.95 Å². The van der Waals surface area contributed by atoms with Gasteiger partial charge in [-0.15, -0.1) is 0 Å². The molecule has 242 valence electrons. The van der Waals surface area contributed by atoms with Gasteiger partial charge in [0.05, 0.1) is 33.3 Å². The molecule has 0 fully saturated rings. The lowest BCUT2D eigenvalue weighted by Crippen LogP contribution is -2.04. The van der Waals surface area contributed by atoms with Crippen LogP contribution in [0.25, 0.3) is 99.3 Å². The highest BCUT2D eigenvalue weighted by atomic mass is 15.2. The number of hydrogen-bond donors (Lipinski definition) is 0. The molecule has 4 nitrogen and oxygen atoms in total. The molecule has 0 saturated carbocycles. The quantitative estimate of drug-likeness (QED) is 0.188. The molecular formula is C48H30N4. The first kappa shape index (κ1) is 28.8. The van der Waals surface area contributed by atoms with E-state index in [1.165, 1.54) is 32.6 Å². The second kappa shape index (κ2) is 11.2. The van der Waals surface area contributed by atoms with Crippen LogP contribution in [0.3, 0.4) is 0 Å². The normalized spacial score (nSPS) is 11.8. The maximum atomic E-state index is 5.47. The van der Waals surface area contributed by atoms with Gasteiger partial charge in [-0.3, -0.25) is 4.57 Å². The standard InChI is InChI=1S/C48H30N4/c1-2-13-31(14-3-1)33-25-27-40-42(29-33)49-48(50-47(40)39-21-12-16-32-15-4-5-17-35(32)39)52-45-24-11-8-20-38(45)41-30-34(26-28-46(41)52)51-43-22-9-6-18-36(43)37-19-7-10-23-44(37)51/h1-30H. The Morgan fingerprint density at radius 2 is 0.942 bits per heavy atom. The van der Waals surface area contributed by atoms with Crippen molar-refractivity contribution in [1.29, 1.82) is 0 Å². The van der Waals surface area contributed by atoms with Gasteiger partial charge in [0.25, 0.3) is 0 Å². The molecule has 0 N–H and O–H groups in total. The van der Waals surface area contributed by atoms with Crippen molar-refractivity contribution in [3.8, 4) is 34.0 Å². The van der Waals surface area contributed by atoms with Crippen LogP contribution >= 0.6 is 0 Å². The molecular weight excluding hydrogens is 633 g/mol. The summed E-state index contributed by atoms with van der Waals surface area (Å²) in [5.41, 5.74) is 10.8. The summed E-state index contributed by atoms with van der Waals surface area (Å²) in [7, 11) is 0. The third-order valence-corrected chi connectivity index (χ3v) is 10.5. The molecule has 0 aliphatic rings. The predicted molar refractivity (Wildman–Crippen MR) is 217 cm³/mol. The second-order valence-corrected chi connectivity index (χ2v) is 13.4. The van der Waals surface area contributed by atoms with E-state index in [2.05, 4.69) is 191 Å². The van der Waals surface area contributed by atoms with E-state index in [9.17, 15) is 0 Å². The highest BCUT2D eigenvalue weighted by Gasteiger charge is 2.20. The Balaban J connectivity index is 1.20. The van der Waals surface area contributed by atoms with Crippen molar-refractivity contribution < 1.29 is 0 Å². The van der Waals surface area contributed by atoms with Crippen molar-refractivity contribution in [3.05, 3.63) is 182 Å². The zero-order valence-corrected chi connectivity index (χ0v) is 28.1. The summed E-state index contributed by atoms with van der Waals surface area (Å²) in [6, 6.07) is 64.9. The molecule has 8 aromatic carbocycles. The topological polar surface area (TPSA) is 35.6 Å². The van der Waals surface area contributed by atoms with Crippen LogP contribution in [-0.2, 0) is 0 Å². The molecule has 0 radical (unpaired) electrons. The van der Waals surface area contributed by atoms with Gasteiger partial charge in [0, 0.05) is 38.2 Å². The number of hydrogen-bond acceptors (Lipinski definition) is 2. The molecule has 0 amide bonds. The molecule has 0 aliphatic heterocycles. The Morgan fingerprint density at radius 1 is 0.346 bits per heavy atom. The molecule has 11 aromatic rings. The summed E-state index contributed by atoms with van der Waals surface area (Å²) >= 11 is 0. The maximum Gasteiger partial charge on any atom is 0.235 e. The van der Waals surface area contributed by atoms with Gasteiger partial charge in [-0.25, -0.2) is 9.97 Å². The van der Waals surface area contributed by atoms with E-state index in [4.69, 9.17) is 9.97 Å². The van der Waals surface area contributed by atoms with Crippen LogP contribution in [0.5, 0.6) is 0 Å². The van der Waals surface area contributed by atoms with Gasteiger partial charge in [-0.1, -0.05) is 133 Å². The number of nitrogens with zero attached hydrogens (tertiary/aromatic N) is 4. The summed E-state index contributed by atoms with van der Waals surface area (Å²) in [5.74, 6) is 0.649. The van der Waals surface area contributed by atoms with Crippen LogP contribution in [0.2, 0.25) is 0 Å². The average Bonchev–Trinajstić information content (AvgIpc) is 3.73. The number of fused-ring (bicyclic) bond motifs is 8. The van der Waals surface area contributed by atoms with Gasteiger partial charge in [-0.2, -0.15) is 0 Å². The minimum absolute atomic E-state index is 0.649. The number of rotatable bonds is 4. The number of aromatic nitrogens is 4. The minimum Gasteiger partial charge on any atom is -0.309 e.